The number of morpholine rings is 1. The minimum Gasteiger partial charge on any atom is -0.481 e. The maximum absolute atomic E-state index is 6.09. The Kier molecular flexibility index (Phi) is 4.73. The first-order valence-electron chi connectivity index (χ1n) is 7.91. The monoisotopic (exact) mass is 291 g/mol. The lowest BCUT2D eigenvalue weighted by Crippen LogP contribution is -2.54. The van der Waals surface area contributed by atoms with Gasteiger partial charge in [-0.2, -0.15) is 0 Å². The molecule has 1 saturated heterocycles. The minimum atomic E-state index is 0.220. The highest BCUT2D eigenvalue weighted by Crippen LogP contribution is 2.33. The largest absolute Gasteiger partial charge is 0.481 e. The molecule has 0 bridgehead atoms. The highest BCUT2D eigenvalue weighted by Gasteiger charge is 2.37. The van der Waals surface area contributed by atoms with Crippen LogP contribution in [-0.2, 0) is 4.74 Å². The normalized spacial score (nSPS) is 27.9. The maximum atomic E-state index is 6.09. The quantitative estimate of drug-likeness (QED) is 0.915. The fraction of sp³-hybridized carbons (Fsp3) is 0.688. The molecule has 2 N–H and O–H groups in total. The molecule has 0 amide bonds. The third kappa shape index (κ3) is 3.05. The number of fused-ring (bicyclic) bond motifs is 1. The zero-order valence-electron chi connectivity index (χ0n) is 12.7. The molecule has 5 heteroatoms. The van der Waals surface area contributed by atoms with Gasteiger partial charge >= 0.3 is 0 Å². The lowest BCUT2D eigenvalue weighted by atomic mass is 9.88. The first-order chi connectivity index (χ1) is 10.3. The van der Waals surface area contributed by atoms with Crippen molar-refractivity contribution in [3.8, 4) is 5.88 Å². The SMILES string of the molecule is COc1ccc(C(CN)N2CCOC3CCCCC32)cn1. The Hall–Kier alpha value is -1.17. The van der Waals surface area contributed by atoms with Crippen molar-refractivity contribution < 1.29 is 9.47 Å². The number of nitrogens with two attached hydrogens (primary N) is 1. The van der Waals surface area contributed by atoms with E-state index in [1.165, 1.54) is 31.2 Å². The smallest absolute Gasteiger partial charge is 0.212 e. The summed E-state index contributed by atoms with van der Waals surface area (Å²) in [5.74, 6) is 0.645. The van der Waals surface area contributed by atoms with Gasteiger partial charge in [-0.25, -0.2) is 4.98 Å². The van der Waals surface area contributed by atoms with Crippen LogP contribution in [0, 0.1) is 0 Å². The summed E-state index contributed by atoms with van der Waals surface area (Å²) in [5, 5.41) is 0. The van der Waals surface area contributed by atoms with Gasteiger partial charge < -0.3 is 15.2 Å². The van der Waals surface area contributed by atoms with E-state index in [9.17, 15) is 0 Å². The van der Waals surface area contributed by atoms with Crippen LogP contribution in [0.25, 0.3) is 0 Å². The Bertz CT molecular complexity index is 449. The lowest BCUT2D eigenvalue weighted by Gasteiger charge is -2.47. The Morgan fingerprint density at radius 3 is 3.00 bits per heavy atom. The molecule has 5 nitrogen and oxygen atoms in total. The third-order valence-corrected chi connectivity index (χ3v) is 4.75. The summed E-state index contributed by atoms with van der Waals surface area (Å²) in [6.07, 6.45) is 7.24. The predicted molar refractivity (Wildman–Crippen MR) is 81.3 cm³/mol. The molecule has 3 atom stereocenters. The van der Waals surface area contributed by atoms with E-state index in [0.717, 1.165) is 13.2 Å². The van der Waals surface area contributed by atoms with Gasteiger partial charge in [-0.3, -0.25) is 4.90 Å². The molecule has 0 spiro atoms. The van der Waals surface area contributed by atoms with E-state index >= 15 is 0 Å². The number of hydrogen-bond acceptors (Lipinski definition) is 5. The van der Waals surface area contributed by atoms with Gasteiger partial charge in [-0.05, 0) is 18.4 Å². The van der Waals surface area contributed by atoms with E-state index in [2.05, 4.69) is 16.0 Å². The Morgan fingerprint density at radius 1 is 1.43 bits per heavy atom. The van der Waals surface area contributed by atoms with Gasteiger partial charge in [0.15, 0.2) is 0 Å². The first kappa shape index (κ1) is 14.8. The zero-order chi connectivity index (χ0) is 14.7. The van der Waals surface area contributed by atoms with Crippen LogP contribution >= 0.6 is 0 Å². The second-order valence-corrected chi connectivity index (χ2v) is 5.88. The molecule has 2 aliphatic rings. The summed E-state index contributed by atoms with van der Waals surface area (Å²) < 4.78 is 11.1. The van der Waals surface area contributed by atoms with Crippen molar-refractivity contribution in [3.05, 3.63) is 23.9 Å². The fourth-order valence-electron chi connectivity index (χ4n) is 3.69. The standard InChI is InChI=1S/C16H25N3O2/c1-20-16-7-6-12(11-18-16)14(10-17)19-8-9-21-15-5-3-2-4-13(15)19/h6-7,11,13-15H,2-5,8-10,17H2,1H3. The average Bonchev–Trinajstić information content (AvgIpc) is 2.56. The highest BCUT2D eigenvalue weighted by atomic mass is 16.5. The molecule has 1 aromatic heterocycles. The van der Waals surface area contributed by atoms with Gasteiger partial charge in [0.05, 0.1) is 19.8 Å². The number of rotatable bonds is 4. The summed E-state index contributed by atoms with van der Waals surface area (Å²) >= 11 is 0. The van der Waals surface area contributed by atoms with Gasteiger partial charge in [-0.15, -0.1) is 0 Å². The Morgan fingerprint density at radius 2 is 2.29 bits per heavy atom. The lowest BCUT2D eigenvalue weighted by molar-refractivity contribution is -0.102. The maximum Gasteiger partial charge on any atom is 0.212 e. The van der Waals surface area contributed by atoms with E-state index < -0.39 is 0 Å². The molecule has 2 heterocycles. The first-order valence-corrected chi connectivity index (χ1v) is 7.91. The zero-order valence-corrected chi connectivity index (χ0v) is 12.7. The molecule has 2 fully saturated rings. The molecule has 116 valence electrons. The van der Waals surface area contributed by atoms with Crippen LogP contribution in [0.4, 0.5) is 0 Å². The van der Waals surface area contributed by atoms with Gasteiger partial charge in [0.2, 0.25) is 5.88 Å². The van der Waals surface area contributed by atoms with Crippen molar-refractivity contribution in [1.29, 1.82) is 0 Å². The van der Waals surface area contributed by atoms with Crippen LogP contribution < -0.4 is 10.5 Å². The van der Waals surface area contributed by atoms with Crippen molar-refractivity contribution in [1.82, 2.24) is 9.88 Å². The molecule has 1 saturated carbocycles. The van der Waals surface area contributed by atoms with Crippen molar-refractivity contribution in [2.75, 3.05) is 26.8 Å². The molecule has 3 unspecified atom stereocenters. The van der Waals surface area contributed by atoms with E-state index in [-0.39, 0.29) is 6.04 Å². The van der Waals surface area contributed by atoms with Crippen LogP contribution in [0.5, 0.6) is 5.88 Å². The molecule has 0 radical (unpaired) electrons. The van der Waals surface area contributed by atoms with Crippen LogP contribution in [0.2, 0.25) is 0 Å². The molecule has 1 aliphatic heterocycles. The molecular formula is C16H25N3O2. The van der Waals surface area contributed by atoms with Crippen molar-refractivity contribution in [2.45, 2.75) is 43.9 Å². The summed E-state index contributed by atoms with van der Waals surface area (Å²) in [4.78, 5) is 6.87. The van der Waals surface area contributed by atoms with Crippen LogP contribution in [0.15, 0.2) is 18.3 Å². The second-order valence-electron chi connectivity index (χ2n) is 5.88. The Labute approximate surface area is 126 Å². The van der Waals surface area contributed by atoms with Gasteiger partial charge in [0.1, 0.15) is 0 Å². The number of pyridine rings is 1. The summed E-state index contributed by atoms with van der Waals surface area (Å²) in [7, 11) is 1.64. The van der Waals surface area contributed by atoms with E-state index in [0.29, 0.717) is 24.6 Å². The summed E-state index contributed by atoms with van der Waals surface area (Å²) in [6, 6.07) is 4.72. The van der Waals surface area contributed by atoms with Gasteiger partial charge in [-0.1, -0.05) is 18.9 Å². The number of ether oxygens (including phenoxy) is 2. The van der Waals surface area contributed by atoms with Crippen molar-refractivity contribution in [2.24, 2.45) is 5.73 Å². The number of methoxy groups -OCH3 is 1. The van der Waals surface area contributed by atoms with Crippen LogP contribution in [-0.4, -0.2) is 48.8 Å². The van der Waals surface area contributed by atoms with Crippen LogP contribution in [0.1, 0.15) is 37.3 Å². The number of aromatic nitrogens is 1. The predicted octanol–water partition coefficient (Wildman–Crippen LogP) is 1.73. The molecule has 1 aromatic rings. The van der Waals surface area contributed by atoms with E-state index in [1.54, 1.807) is 7.11 Å². The topological polar surface area (TPSA) is 60.6 Å². The molecule has 3 rings (SSSR count). The molecule has 1 aliphatic carbocycles. The van der Waals surface area contributed by atoms with Gasteiger partial charge in [0.25, 0.3) is 0 Å². The van der Waals surface area contributed by atoms with E-state index in [4.69, 9.17) is 15.2 Å². The summed E-state index contributed by atoms with van der Waals surface area (Å²) in [5.41, 5.74) is 7.26. The molecular weight excluding hydrogens is 266 g/mol. The van der Waals surface area contributed by atoms with Crippen molar-refractivity contribution in [3.63, 3.8) is 0 Å². The van der Waals surface area contributed by atoms with Crippen molar-refractivity contribution >= 4 is 0 Å². The molecule has 0 aromatic carbocycles. The van der Waals surface area contributed by atoms with E-state index in [1.807, 2.05) is 12.3 Å². The second kappa shape index (κ2) is 6.73. The highest BCUT2D eigenvalue weighted by molar-refractivity contribution is 5.21. The number of nitrogens with zero attached hydrogens (tertiary/aromatic N) is 2. The van der Waals surface area contributed by atoms with Crippen LogP contribution in [0.3, 0.4) is 0 Å². The minimum absolute atomic E-state index is 0.220. The number of hydrogen-bond donors (Lipinski definition) is 1. The average molecular weight is 291 g/mol. The Balaban J connectivity index is 1.80. The third-order valence-electron chi connectivity index (χ3n) is 4.75. The fourth-order valence-corrected chi connectivity index (χ4v) is 3.69. The summed E-state index contributed by atoms with van der Waals surface area (Å²) in [6.45, 7) is 2.37. The van der Waals surface area contributed by atoms with Gasteiger partial charge in [0, 0.05) is 37.4 Å². The molecule has 21 heavy (non-hydrogen) atoms.